The minimum absolute atomic E-state index is 0.00222. The summed E-state index contributed by atoms with van der Waals surface area (Å²) in [4.78, 5) is 61.3. The first-order valence-electron chi connectivity index (χ1n) is 15.0. The average molecular weight is 704 g/mol. The summed E-state index contributed by atoms with van der Waals surface area (Å²) in [5.41, 5.74) is 3.26. The van der Waals surface area contributed by atoms with Crippen LogP contribution in [0.5, 0.6) is 5.75 Å². The molecule has 1 aliphatic rings. The highest BCUT2D eigenvalue weighted by atomic mass is 31.2. The lowest BCUT2D eigenvalue weighted by molar-refractivity contribution is -0.494. The van der Waals surface area contributed by atoms with Gasteiger partial charge in [0, 0.05) is 44.6 Å². The number of ether oxygens (including phenoxy) is 1. The minimum Gasteiger partial charge on any atom is -0.494 e. The molecule has 2 amide bonds. The molecule has 0 spiro atoms. The van der Waals surface area contributed by atoms with Crippen LogP contribution in [-0.4, -0.2) is 137 Å². The molecule has 0 bridgehead atoms. The van der Waals surface area contributed by atoms with E-state index in [0.717, 1.165) is 6.66 Å². The summed E-state index contributed by atoms with van der Waals surface area (Å²) in [7, 11) is -2.50. The highest BCUT2D eigenvalue weighted by molar-refractivity contribution is 7.51. The number of pyridine rings is 1. The Morgan fingerprint density at radius 1 is 1.00 bits per heavy atom. The molecule has 1 unspecified atom stereocenters. The van der Waals surface area contributed by atoms with E-state index in [9.17, 15) is 23.8 Å². The first kappa shape index (κ1) is 37.3. The van der Waals surface area contributed by atoms with E-state index in [-0.39, 0.29) is 79.9 Å². The van der Waals surface area contributed by atoms with Crippen molar-refractivity contribution in [2.24, 2.45) is 0 Å². The summed E-state index contributed by atoms with van der Waals surface area (Å²) in [6, 6.07) is 8.86. The van der Waals surface area contributed by atoms with Crippen molar-refractivity contribution >= 4 is 36.1 Å². The summed E-state index contributed by atoms with van der Waals surface area (Å²) in [5, 5.41) is 29.8. The van der Waals surface area contributed by atoms with Crippen LogP contribution in [0.2, 0.25) is 0 Å². The number of aliphatic hydroxyl groups is 3. The second kappa shape index (κ2) is 15.8. The standard InChI is InChI=1S/C26H28N7O7P.C4H11NO3/c1-17-28-15-33(29-17)24-22-21(20(39-2)13-27-24)19(14-32(22)16-40-41(3,37)38)23(34)26(36)31-11-9-30(10-12-31)25(35)18-7-5-4-6-8-18;5-4(1-6,2-7)3-8/h4-8,13-15H,9-12,16H2,1-3H3,(H,37,38);6-8H,1-3,5H2/p+1. The Morgan fingerprint density at radius 2 is 1.61 bits per heavy atom. The van der Waals surface area contributed by atoms with Crippen molar-refractivity contribution in [3.05, 3.63) is 66.0 Å². The van der Waals surface area contributed by atoms with Crippen molar-refractivity contribution in [3.63, 3.8) is 0 Å². The first-order valence-corrected chi connectivity index (χ1v) is 17.0. The van der Waals surface area contributed by atoms with Crippen LogP contribution in [0.15, 0.2) is 49.1 Å². The second-order valence-corrected chi connectivity index (χ2v) is 13.3. The van der Waals surface area contributed by atoms with Crippen LogP contribution in [0.1, 0.15) is 26.5 Å². The van der Waals surface area contributed by atoms with Crippen molar-refractivity contribution < 1.29 is 54.2 Å². The summed E-state index contributed by atoms with van der Waals surface area (Å²) in [5.74, 6) is -0.791. The number of fused-ring (bicyclic) bond motifs is 1. The molecule has 0 saturated carbocycles. The number of ketones is 1. The van der Waals surface area contributed by atoms with Gasteiger partial charge in [0.25, 0.3) is 17.6 Å². The Morgan fingerprint density at radius 3 is 2.12 bits per heavy atom. The number of aromatic nitrogens is 5. The number of aryl methyl sites for hydroxylation is 1. The highest BCUT2D eigenvalue weighted by Gasteiger charge is 2.33. The molecular weight excluding hydrogens is 663 g/mol. The fourth-order valence-electron chi connectivity index (χ4n) is 4.79. The van der Waals surface area contributed by atoms with Gasteiger partial charge in [-0.1, -0.05) is 18.2 Å². The predicted octanol–water partition coefficient (Wildman–Crippen LogP) is -1.17. The van der Waals surface area contributed by atoms with Gasteiger partial charge in [-0.3, -0.25) is 23.5 Å². The number of rotatable bonds is 11. The number of Topliss-reactive ketones (excluding diaryl/α,β-unsaturated/α-hetero) is 1. The van der Waals surface area contributed by atoms with Crippen LogP contribution >= 0.6 is 7.60 Å². The van der Waals surface area contributed by atoms with Gasteiger partial charge in [-0.25, -0.2) is 14.6 Å². The molecule has 3 aromatic heterocycles. The van der Waals surface area contributed by atoms with Crippen LogP contribution in [0, 0.1) is 6.92 Å². The number of carbonyl (C=O) groups excluding carboxylic acids is 3. The molecule has 1 aliphatic heterocycles. The van der Waals surface area contributed by atoms with Crippen molar-refractivity contribution in [2.75, 3.05) is 59.8 Å². The second-order valence-electron chi connectivity index (χ2n) is 11.4. The molecule has 1 atom stereocenters. The number of carbonyl (C=O) groups is 3. The lowest BCUT2D eigenvalue weighted by Gasteiger charge is -2.34. The zero-order chi connectivity index (χ0) is 35.9. The molecule has 264 valence electrons. The smallest absolute Gasteiger partial charge is 0.326 e. The topological polar surface area (TPSA) is 250 Å². The average Bonchev–Trinajstić information content (AvgIpc) is 3.73. The van der Waals surface area contributed by atoms with Gasteiger partial charge in [0.05, 0.1) is 24.3 Å². The fourth-order valence-corrected chi connectivity index (χ4v) is 5.13. The highest BCUT2D eigenvalue weighted by Crippen LogP contribution is 2.39. The molecule has 19 heteroatoms. The third kappa shape index (κ3) is 8.73. The van der Waals surface area contributed by atoms with Gasteiger partial charge in [0.2, 0.25) is 0 Å². The van der Waals surface area contributed by atoms with E-state index in [1.54, 1.807) is 36.1 Å². The lowest BCUT2D eigenvalue weighted by Crippen LogP contribution is -2.78. The molecule has 5 rings (SSSR count). The van der Waals surface area contributed by atoms with Crippen LogP contribution in [0.3, 0.4) is 0 Å². The largest absolute Gasteiger partial charge is 0.494 e. The first-order chi connectivity index (χ1) is 23.3. The fraction of sp³-hybridized carbons (Fsp3) is 0.400. The summed E-state index contributed by atoms with van der Waals surface area (Å²) >= 11 is 0. The number of quaternary nitrogens is 1. The van der Waals surface area contributed by atoms with E-state index >= 15 is 0 Å². The van der Waals surface area contributed by atoms with Gasteiger partial charge in [0.1, 0.15) is 50.0 Å². The molecule has 1 aromatic carbocycles. The van der Waals surface area contributed by atoms with Crippen molar-refractivity contribution in [1.29, 1.82) is 0 Å². The summed E-state index contributed by atoms with van der Waals surface area (Å²) in [6.45, 7) is 2.34. The number of amides is 2. The Balaban J connectivity index is 0.000000603. The Hall–Kier alpha value is -4.55. The van der Waals surface area contributed by atoms with E-state index in [4.69, 9.17) is 24.6 Å². The monoisotopic (exact) mass is 703 g/mol. The van der Waals surface area contributed by atoms with Gasteiger partial charge >= 0.3 is 7.60 Å². The maximum atomic E-state index is 13.7. The van der Waals surface area contributed by atoms with Crippen LogP contribution < -0.4 is 10.5 Å². The van der Waals surface area contributed by atoms with Crippen molar-refractivity contribution in [1.82, 2.24) is 34.1 Å². The molecule has 1 saturated heterocycles. The van der Waals surface area contributed by atoms with E-state index < -0.39 is 31.6 Å². The van der Waals surface area contributed by atoms with E-state index in [0.29, 0.717) is 11.4 Å². The number of benzene rings is 1. The number of piperazine rings is 1. The molecule has 49 heavy (non-hydrogen) atoms. The number of hydrogen-bond acceptors (Lipinski definition) is 12. The van der Waals surface area contributed by atoms with E-state index in [1.807, 2.05) is 6.07 Å². The van der Waals surface area contributed by atoms with Crippen molar-refractivity contribution in [2.45, 2.75) is 19.2 Å². The Kier molecular flexibility index (Phi) is 12.0. The molecule has 1 fully saturated rings. The van der Waals surface area contributed by atoms with Crippen LogP contribution in [0.25, 0.3) is 16.7 Å². The number of hydrogen-bond donors (Lipinski definition) is 5. The van der Waals surface area contributed by atoms with Crippen molar-refractivity contribution in [3.8, 4) is 11.6 Å². The van der Waals surface area contributed by atoms with Gasteiger partial charge < -0.3 is 45.1 Å². The van der Waals surface area contributed by atoms with Gasteiger partial charge in [-0.15, -0.1) is 0 Å². The van der Waals surface area contributed by atoms with E-state index in [2.05, 4.69) is 20.8 Å². The third-order valence-corrected chi connectivity index (χ3v) is 8.23. The predicted molar refractivity (Wildman–Crippen MR) is 173 cm³/mol. The number of nitrogens with zero attached hydrogens (tertiary/aromatic N) is 7. The molecule has 0 radical (unpaired) electrons. The molecule has 18 nitrogen and oxygen atoms in total. The van der Waals surface area contributed by atoms with E-state index in [1.165, 1.54) is 40.0 Å². The molecular formula is C30H40N8O10P+. The quantitative estimate of drug-likeness (QED) is 0.0703. The third-order valence-electron chi connectivity index (χ3n) is 7.64. The van der Waals surface area contributed by atoms with Crippen LogP contribution in [0.4, 0.5) is 0 Å². The molecule has 7 N–H and O–H groups in total. The number of methoxy groups -OCH3 is 1. The SMILES string of the molecule is COc1cnc(-n2cnc(C)n2)c2c1c(C(=O)C(=O)N1CCN(C(=O)c3ccccc3)CC1)cn2COP(C)(=O)O.[NH3+]C(CO)(CO)CO. The minimum atomic E-state index is -3.90. The molecule has 0 aliphatic carbocycles. The zero-order valence-electron chi connectivity index (χ0n) is 27.3. The maximum Gasteiger partial charge on any atom is 0.326 e. The normalized spacial score (nSPS) is 14.6. The maximum absolute atomic E-state index is 13.7. The summed E-state index contributed by atoms with van der Waals surface area (Å²) in [6.07, 6.45) is 4.19. The lowest BCUT2D eigenvalue weighted by atomic mass is 10.1. The van der Waals surface area contributed by atoms with Gasteiger partial charge in [-0.2, -0.15) is 5.10 Å². The molecule has 4 aromatic rings. The van der Waals surface area contributed by atoms with Crippen LogP contribution in [-0.2, 0) is 20.6 Å². The Labute approximate surface area is 280 Å². The molecule has 4 heterocycles. The van der Waals surface area contributed by atoms with Gasteiger partial charge in [0.15, 0.2) is 11.4 Å². The van der Waals surface area contributed by atoms with Gasteiger partial charge in [-0.05, 0) is 19.1 Å². The zero-order valence-corrected chi connectivity index (χ0v) is 28.2. The number of aliphatic hydroxyl groups excluding tert-OH is 3. The summed E-state index contributed by atoms with van der Waals surface area (Å²) < 4.78 is 25.4. The Bertz CT molecular complexity index is 1820.